The molecule has 0 atom stereocenters. The van der Waals surface area contributed by atoms with E-state index in [2.05, 4.69) is 15.1 Å². The molecule has 122 valence electrons. The monoisotopic (exact) mass is 326 g/mol. The van der Waals surface area contributed by atoms with E-state index >= 15 is 0 Å². The van der Waals surface area contributed by atoms with Crippen molar-refractivity contribution in [1.29, 1.82) is 0 Å². The van der Waals surface area contributed by atoms with Gasteiger partial charge < -0.3 is 15.0 Å². The number of nitrogens with zero attached hydrogens (tertiary/aromatic N) is 5. The van der Waals surface area contributed by atoms with Gasteiger partial charge in [0.2, 0.25) is 11.8 Å². The molecule has 24 heavy (non-hydrogen) atoms. The molecule has 0 fully saturated rings. The van der Waals surface area contributed by atoms with Crippen molar-refractivity contribution in [3.8, 4) is 17.0 Å². The van der Waals surface area contributed by atoms with Crippen LogP contribution in [0.3, 0.4) is 0 Å². The van der Waals surface area contributed by atoms with Crippen LogP contribution in [0.25, 0.3) is 27.7 Å². The van der Waals surface area contributed by atoms with E-state index in [0.717, 1.165) is 27.7 Å². The Morgan fingerprint density at radius 1 is 1.29 bits per heavy atom. The third-order valence-electron chi connectivity index (χ3n) is 3.95. The fraction of sp³-hybridized carbons (Fsp3) is 0.188. The Morgan fingerprint density at radius 2 is 2.17 bits per heavy atom. The molecule has 0 aliphatic heterocycles. The van der Waals surface area contributed by atoms with Crippen molar-refractivity contribution in [2.75, 3.05) is 19.5 Å². The van der Waals surface area contributed by atoms with Crippen molar-refractivity contribution in [3.05, 3.63) is 36.8 Å². The Bertz CT molecular complexity index is 1040. The van der Waals surface area contributed by atoms with Gasteiger partial charge in [-0.1, -0.05) is 6.07 Å². The molecule has 1 aromatic carbocycles. The van der Waals surface area contributed by atoms with Gasteiger partial charge in [0.25, 0.3) is 0 Å². The average Bonchev–Trinajstić information content (AvgIpc) is 3.18. The molecule has 0 aliphatic rings. The lowest BCUT2D eigenvalue weighted by Crippen LogP contribution is -2.03. The van der Waals surface area contributed by atoms with Gasteiger partial charge in [-0.25, -0.2) is 13.9 Å². The van der Waals surface area contributed by atoms with Crippen LogP contribution in [0.15, 0.2) is 36.8 Å². The minimum absolute atomic E-state index is 0.137. The Hall–Kier alpha value is -3.16. The highest BCUT2D eigenvalue weighted by Crippen LogP contribution is 2.32. The number of methoxy groups -OCH3 is 1. The molecule has 8 heteroatoms. The van der Waals surface area contributed by atoms with Gasteiger partial charge in [-0.2, -0.15) is 4.98 Å². The molecule has 7 nitrogen and oxygen atoms in total. The van der Waals surface area contributed by atoms with Gasteiger partial charge in [0.1, 0.15) is 12.2 Å². The summed E-state index contributed by atoms with van der Waals surface area (Å²) in [6, 6.07) is 7.76. The average molecular weight is 326 g/mol. The van der Waals surface area contributed by atoms with Gasteiger partial charge in [0.05, 0.1) is 31.0 Å². The quantitative estimate of drug-likeness (QED) is 0.622. The zero-order valence-corrected chi connectivity index (χ0v) is 13.0. The third kappa shape index (κ3) is 2.15. The van der Waals surface area contributed by atoms with Crippen LogP contribution in [0, 0.1) is 0 Å². The molecular weight excluding hydrogens is 311 g/mol. The zero-order valence-electron chi connectivity index (χ0n) is 13.0. The summed E-state index contributed by atoms with van der Waals surface area (Å²) in [7, 11) is 1.54. The van der Waals surface area contributed by atoms with Crippen LogP contribution in [0.1, 0.15) is 0 Å². The molecule has 4 aromatic rings. The number of fused-ring (bicyclic) bond motifs is 2. The van der Waals surface area contributed by atoms with E-state index < -0.39 is 6.67 Å². The maximum absolute atomic E-state index is 12.7. The summed E-state index contributed by atoms with van der Waals surface area (Å²) in [5.41, 5.74) is 9.96. The zero-order chi connectivity index (χ0) is 16.7. The number of nitrogen functional groups attached to an aromatic ring is 1. The molecule has 2 N–H and O–H groups in total. The van der Waals surface area contributed by atoms with E-state index in [0.29, 0.717) is 5.88 Å². The summed E-state index contributed by atoms with van der Waals surface area (Å²) >= 11 is 0. The number of alkyl halides is 1. The lowest BCUT2D eigenvalue weighted by atomic mass is 10.1. The van der Waals surface area contributed by atoms with E-state index in [1.165, 1.54) is 7.11 Å². The summed E-state index contributed by atoms with van der Waals surface area (Å²) < 4.78 is 21.5. The molecule has 0 saturated heterocycles. The molecule has 0 unspecified atom stereocenters. The van der Waals surface area contributed by atoms with Crippen LogP contribution >= 0.6 is 0 Å². The maximum Gasteiger partial charge on any atom is 0.243 e. The summed E-state index contributed by atoms with van der Waals surface area (Å²) in [5, 5.41) is 4.17. The number of nitrogens with two attached hydrogens (primary N) is 1. The second kappa shape index (κ2) is 5.48. The largest absolute Gasteiger partial charge is 0.479 e. The first-order valence-corrected chi connectivity index (χ1v) is 7.41. The molecule has 0 saturated carbocycles. The summed E-state index contributed by atoms with van der Waals surface area (Å²) in [6.07, 6.45) is 3.45. The SMILES string of the molecule is COc1nc(N)nn2ccc(-c3ccc4ncn(CCF)c4c3)c12. The van der Waals surface area contributed by atoms with Crippen LogP contribution < -0.4 is 10.5 Å². The van der Waals surface area contributed by atoms with E-state index in [9.17, 15) is 4.39 Å². The molecule has 3 heterocycles. The van der Waals surface area contributed by atoms with Crippen molar-refractivity contribution in [2.45, 2.75) is 6.54 Å². The van der Waals surface area contributed by atoms with Crippen molar-refractivity contribution in [1.82, 2.24) is 24.1 Å². The van der Waals surface area contributed by atoms with Gasteiger partial charge in [-0.15, -0.1) is 5.10 Å². The van der Waals surface area contributed by atoms with E-state index in [1.807, 2.05) is 24.3 Å². The fourth-order valence-electron chi connectivity index (χ4n) is 2.88. The molecular formula is C16H15FN6O. The van der Waals surface area contributed by atoms with Crippen LogP contribution in [0.4, 0.5) is 10.3 Å². The van der Waals surface area contributed by atoms with Crippen LogP contribution in [0.5, 0.6) is 5.88 Å². The Morgan fingerprint density at radius 3 is 2.96 bits per heavy atom. The van der Waals surface area contributed by atoms with Crippen molar-refractivity contribution < 1.29 is 9.13 Å². The standard InChI is InChI=1S/C16H15FN6O/c1-24-15-14-11(4-6-23(14)21-16(18)20-15)10-2-3-12-13(8-10)22(7-5-17)9-19-12/h2-4,6,8-9H,5,7H2,1H3,(H2,18,21). The van der Waals surface area contributed by atoms with E-state index in [1.54, 1.807) is 21.6 Å². The minimum Gasteiger partial charge on any atom is -0.479 e. The number of anilines is 1. The highest BCUT2D eigenvalue weighted by molar-refractivity contribution is 5.89. The summed E-state index contributed by atoms with van der Waals surface area (Å²) in [6.45, 7) is -0.161. The van der Waals surface area contributed by atoms with Crippen molar-refractivity contribution in [2.24, 2.45) is 0 Å². The molecule has 0 aliphatic carbocycles. The van der Waals surface area contributed by atoms with Gasteiger partial charge in [0, 0.05) is 11.8 Å². The topological polar surface area (TPSA) is 83.3 Å². The molecule has 0 amide bonds. The van der Waals surface area contributed by atoms with Gasteiger partial charge in [-0.05, 0) is 23.8 Å². The van der Waals surface area contributed by atoms with Crippen LogP contribution in [0.2, 0.25) is 0 Å². The lowest BCUT2D eigenvalue weighted by molar-refractivity contribution is 0.400. The number of benzene rings is 1. The van der Waals surface area contributed by atoms with Gasteiger partial charge in [-0.3, -0.25) is 0 Å². The van der Waals surface area contributed by atoms with Crippen molar-refractivity contribution >= 4 is 22.5 Å². The normalized spacial score (nSPS) is 11.4. The number of halogens is 1. The highest BCUT2D eigenvalue weighted by atomic mass is 19.1. The molecule has 3 aromatic heterocycles. The summed E-state index contributed by atoms with van der Waals surface area (Å²) in [5.74, 6) is 0.540. The highest BCUT2D eigenvalue weighted by Gasteiger charge is 2.15. The molecule has 0 radical (unpaired) electrons. The van der Waals surface area contributed by atoms with Gasteiger partial charge in [0.15, 0.2) is 0 Å². The first-order valence-electron chi connectivity index (χ1n) is 7.41. The maximum atomic E-state index is 12.7. The summed E-state index contributed by atoms with van der Waals surface area (Å²) in [4.78, 5) is 8.43. The molecule has 0 spiro atoms. The minimum atomic E-state index is -0.439. The Balaban J connectivity index is 1.94. The number of hydrogen-bond donors (Lipinski definition) is 1. The number of hydrogen-bond acceptors (Lipinski definition) is 5. The lowest BCUT2D eigenvalue weighted by Gasteiger charge is -2.07. The van der Waals surface area contributed by atoms with Crippen LogP contribution in [-0.2, 0) is 6.54 Å². The molecule has 4 rings (SSSR count). The number of ether oxygens (including phenoxy) is 1. The third-order valence-corrected chi connectivity index (χ3v) is 3.95. The number of rotatable bonds is 4. The van der Waals surface area contributed by atoms with Crippen LogP contribution in [-0.4, -0.2) is 37.9 Å². The first-order chi connectivity index (χ1) is 11.7. The number of imidazole rings is 1. The predicted molar refractivity (Wildman–Crippen MR) is 88.7 cm³/mol. The molecule has 0 bridgehead atoms. The predicted octanol–water partition coefficient (Wildman–Crippen LogP) is 2.31. The smallest absolute Gasteiger partial charge is 0.243 e. The Labute approximate surface area is 136 Å². The van der Waals surface area contributed by atoms with Gasteiger partial charge >= 0.3 is 0 Å². The first kappa shape index (κ1) is 14.4. The fourth-order valence-corrected chi connectivity index (χ4v) is 2.88. The van der Waals surface area contributed by atoms with E-state index in [-0.39, 0.29) is 12.5 Å². The second-order valence-corrected chi connectivity index (χ2v) is 5.33. The number of aromatic nitrogens is 5. The second-order valence-electron chi connectivity index (χ2n) is 5.33. The number of aryl methyl sites for hydroxylation is 1. The Kier molecular flexibility index (Phi) is 3.30. The van der Waals surface area contributed by atoms with E-state index in [4.69, 9.17) is 10.5 Å². The van der Waals surface area contributed by atoms with Crippen molar-refractivity contribution in [3.63, 3.8) is 0 Å².